The zero-order valence-electron chi connectivity index (χ0n) is 18.9. The third-order valence-electron chi connectivity index (χ3n) is 8.48. The van der Waals surface area contributed by atoms with Crippen LogP contribution in [0.3, 0.4) is 0 Å². The van der Waals surface area contributed by atoms with Crippen LogP contribution >= 0.6 is 0 Å². The summed E-state index contributed by atoms with van der Waals surface area (Å²) >= 11 is 0. The lowest BCUT2D eigenvalue weighted by Gasteiger charge is -2.57. The first-order chi connectivity index (χ1) is 15.6. The van der Waals surface area contributed by atoms with E-state index in [1.165, 1.54) is 32.1 Å². The fourth-order valence-electron chi connectivity index (χ4n) is 7.15. The van der Waals surface area contributed by atoms with Gasteiger partial charge in [0.25, 0.3) is 0 Å². The quantitative estimate of drug-likeness (QED) is 0.456. The molecule has 6 heteroatoms. The molecule has 2 unspecified atom stereocenters. The summed E-state index contributed by atoms with van der Waals surface area (Å²) in [6.45, 7) is 2.09. The summed E-state index contributed by atoms with van der Waals surface area (Å²) in [5.74, 6) is 2.13. The first-order valence-electron chi connectivity index (χ1n) is 12.5. The number of carbonyl (C=O) groups excluding carboxylic acids is 1. The van der Waals surface area contributed by atoms with E-state index in [-0.39, 0.29) is 12.1 Å². The Morgan fingerprint density at radius 2 is 1.75 bits per heavy atom. The Morgan fingerprint density at radius 3 is 2.44 bits per heavy atom. The van der Waals surface area contributed by atoms with Gasteiger partial charge in [0, 0.05) is 31.1 Å². The van der Waals surface area contributed by atoms with Crippen LogP contribution in [0.15, 0.2) is 24.3 Å². The molecule has 2 atom stereocenters. The van der Waals surface area contributed by atoms with Crippen LogP contribution in [0.25, 0.3) is 0 Å². The number of benzene rings is 1. The summed E-state index contributed by atoms with van der Waals surface area (Å²) in [6, 6.07) is 7.79. The van der Waals surface area contributed by atoms with Gasteiger partial charge in [-0.15, -0.1) is 0 Å². The first kappa shape index (κ1) is 20.9. The van der Waals surface area contributed by atoms with E-state index in [9.17, 15) is 4.79 Å². The van der Waals surface area contributed by atoms with Gasteiger partial charge in [-0.25, -0.2) is 0 Å². The minimum Gasteiger partial charge on any atom is -0.490 e. The van der Waals surface area contributed by atoms with Gasteiger partial charge in [0.05, 0.1) is 0 Å². The van der Waals surface area contributed by atoms with E-state index in [1.807, 2.05) is 24.3 Å². The molecule has 0 amide bonds. The van der Waals surface area contributed by atoms with E-state index < -0.39 is 11.6 Å². The fourth-order valence-corrected chi connectivity index (χ4v) is 7.15. The molecule has 0 radical (unpaired) electrons. The molecule has 174 valence electrons. The highest BCUT2D eigenvalue weighted by Gasteiger charge is 2.67. The van der Waals surface area contributed by atoms with Crippen LogP contribution in [0.5, 0.6) is 5.75 Å². The SMILES string of the molecule is CCC(=O)OCc1ccc(OC2CCCC3(C2)OOC2(O3)C3CC4CC(C3)CC2C4)cc1. The largest absolute Gasteiger partial charge is 0.490 e. The van der Waals surface area contributed by atoms with Crippen LogP contribution in [-0.4, -0.2) is 23.6 Å². The predicted molar refractivity (Wildman–Crippen MR) is 115 cm³/mol. The van der Waals surface area contributed by atoms with E-state index >= 15 is 0 Å². The highest BCUT2D eigenvalue weighted by atomic mass is 17.3. The van der Waals surface area contributed by atoms with Gasteiger partial charge < -0.3 is 14.2 Å². The van der Waals surface area contributed by atoms with Crippen molar-refractivity contribution in [3.05, 3.63) is 29.8 Å². The number of ether oxygens (including phenoxy) is 3. The molecule has 5 saturated carbocycles. The lowest BCUT2D eigenvalue weighted by atomic mass is 9.53. The van der Waals surface area contributed by atoms with Crippen LogP contribution in [0.4, 0.5) is 0 Å². The summed E-state index contributed by atoms with van der Waals surface area (Å²) < 4.78 is 18.3. The number of rotatable bonds is 5. The maximum Gasteiger partial charge on any atom is 0.305 e. The summed E-state index contributed by atoms with van der Waals surface area (Å²) in [4.78, 5) is 23.6. The topological polar surface area (TPSA) is 63.2 Å². The molecule has 2 spiro atoms. The number of hydrogen-bond acceptors (Lipinski definition) is 6. The van der Waals surface area contributed by atoms with Crippen molar-refractivity contribution in [2.24, 2.45) is 23.7 Å². The molecule has 7 rings (SSSR count). The molecule has 6 fully saturated rings. The second-order valence-electron chi connectivity index (χ2n) is 10.7. The maximum absolute atomic E-state index is 11.4. The molecule has 1 aliphatic heterocycles. The standard InChI is InChI=1S/C26H34O6/c1-2-24(27)28-16-17-5-7-22(8-6-17)29-23-4-3-9-25(15-23)30-26(32-31-25)20-11-18-10-19(13-20)14-21(26)12-18/h5-8,18-21,23H,2-4,9-16H2,1H3. The molecule has 1 heterocycles. The van der Waals surface area contributed by atoms with Gasteiger partial charge >= 0.3 is 5.97 Å². The molecule has 0 aromatic heterocycles. The van der Waals surface area contributed by atoms with Gasteiger partial charge in [-0.2, -0.15) is 9.78 Å². The van der Waals surface area contributed by atoms with Crippen molar-refractivity contribution in [1.29, 1.82) is 0 Å². The number of carbonyl (C=O) groups is 1. The molecular weight excluding hydrogens is 408 g/mol. The van der Waals surface area contributed by atoms with Gasteiger partial charge in [0.15, 0.2) is 0 Å². The lowest BCUT2D eigenvalue weighted by Crippen LogP contribution is -2.59. The number of esters is 1. The van der Waals surface area contributed by atoms with Crippen LogP contribution in [0.1, 0.15) is 76.7 Å². The van der Waals surface area contributed by atoms with Crippen molar-refractivity contribution < 1.29 is 28.8 Å². The predicted octanol–water partition coefficient (Wildman–Crippen LogP) is 5.29. The second-order valence-corrected chi connectivity index (χ2v) is 10.7. The average molecular weight is 443 g/mol. The average Bonchev–Trinajstić information content (AvgIpc) is 3.15. The van der Waals surface area contributed by atoms with Crippen LogP contribution in [-0.2, 0) is 30.7 Å². The first-order valence-corrected chi connectivity index (χ1v) is 12.5. The minimum atomic E-state index is -0.674. The molecular formula is C26H34O6. The van der Waals surface area contributed by atoms with E-state index in [0.717, 1.165) is 42.4 Å². The van der Waals surface area contributed by atoms with Gasteiger partial charge in [-0.1, -0.05) is 19.1 Å². The van der Waals surface area contributed by atoms with Crippen molar-refractivity contribution in [2.75, 3.05) is 0 Å². The van der Waals surface area contributed by atoms with E-state index in [0.29, 0.717) is 31.3 Å². The van der Waals surface area contributed by atoms with Gasteiger partial charge in [0.2, 0.25) is 11.6 Å². The number of hydrogen-bond donors (Lipinski definition) is 0. The molecule has 5 aliphatic carbocycles. The van der Waals surface area contributed by atoms with E-state index in [4.69, 9.17) is 24.0 Å². The molecule has 1 aromatic rings. The second kappa shape index (κ2) is 8.00. The van der Waals surface area contributed by atoms with Crippen LogP contribution in [0, 0.1) is 23.7 Å². The Bertz CT molecular complexity index is 822. The summed E-state index contributed by atoms with van der Waals surface area (Å²) in [6.07, 6.45) is 10.3. The van der Waals surface area contributed by atoms with E-state index in [1.54, 1.807) is 6.92 Å². The summed E-state index contributed by atoms with van der Waals surface area (Å²) in [5, 5.41) is 0. The molecule has 4 bridgehead atoms. The zero-order chi connectivity index (χ0) is 21.8. The molecule has 32 heavy (non-hydrogen) atoms. The van der Waals surface area contributed by atoms with Crippen molar-refractivity contribution in [1.82, 2.24) is 0 Å². The van der Waals surface area contributed by atoms with Crippen molar-refractivity contribution in [3.8, 4) is 5.75 Å². The molecule has 6 aliphatic rings. The van der Waals surface area contributed by atoms with Crippen molar-refractivity contribution >= 4 is 5.97 Å². The van der Waals surface area contributed by atoms with Crippen molar-refractivity contribution in [3.63, 3.8) is 0 Å². The third kappa shape index (κ3) is 3.64. The Balaban J connectivity index is 1.09. The zero-order valence-corrected chi connectivity index (χ0v) is 18.9. The molecule has 0 N–H and O–H groups in total. The summed E-state index contributed by atoms with van der Waals surface area (Å²) in [5.41, 5.74) is 0.957. The molecule has 6 nitrogen and oxygen atoms in total. The van der Waals surface area contributed by atoms with Gasteiger partial charge in [0.1, 0.15) is 18.5 Å². The third-order valence-corrected chi connectivity index (χ3v) is 8.48. The van der Waals surface area contributed by atoms with Gasteiger partial charge in [-0.3, -0.25) is 4.79 Å². The molecule has 1 saturated heterocycles. The highest BCUT2D eigenvalue weighted by Crippen LogP contribution is 2.63. The normalized spacial score (nSPS) is 42.0. The fraction of sp³-hybridized carbons (Fsp3) is 0.731. The summed E-state index contributed by atoms with van der Waals surface area (Å²) in [7, 11) is 0. The van der Waals surface area contributed by atoms with Crippen LogP contribution < -0.4 is 4.74 Å². The lowest BCUT2D eigenvalue weighted by molar-refractivity contribution is -0.390. The molecule has 1 aromatic carbocycles. The van der Waals surface area contributed by atoms with Gasteiger partial charge in [-0.05, 0) is 74.5 Å². The minimum absolute atomic E-state index is 0.0307. The monoisotopic (exact) mass is 442 g/mol. The highest BCUT2D eigenvalue weighted by molar-refractivity contribution is 5.68. The Morgan fingerprint density at radius 1 is 1.03 bits per heavy atom. The Kier molecular flexibility index (Phi) is 5.23. The smallest absolute Gasteiger partial charge is 0.305 e. The Hall–Kier alpha value is -1.63. The van der Waals surface area contributed by atoms with Crippen LogP contribution in [0.2, 0.25) is 0 Å². The maximum atomic E-state index is 11.4. The Labute approximate surface area is 189 Å². The van der Waals surface area contributed by atoms with Crippen molar-refractivity contribution in [2.45, 2.75) is 95.4 Å². The van der Waals surface area contributed by atoms with E-state index in [2.05, 4.69) is 0 Å².